The summed E-state index contributed by atoms with van der Waals surface area (Å²) in [7, 11) is 0. The molecule has 1 aliphatic rings. The Hall–Kier alpha value is -2.11. The van der Waals surface area contributed by atoms with E-state index >= 15 is 0 Å². The number of hydrogen-bond acceptors (Lipinski definition) is 5. The number of guanidine groups is 1. The Labute approximate surface area is 200 Å². The van der Waals surface area contributed by atoms with Crippen LogP contribution in [0.5, 0.6) is 0 Å². The summed E-state index contributed by atoms with van der Waals surface area (Å²) in [6, 6.07) is 11.4. The number of carbonyl (C=O) groups is 1. The van der Waals surface area contributed by atoms with Gasteiger partial charge in [-0.15, -0.1) is 24.0 Å². The topological polar surface area (TPSA) is 91.1 Å². The Morgan fingerprint density at radius 2 is 2.00 bits per heavy atom. The first-order chi connectivity index (χ1) is 14.7. The Bertz CT molecular complexity index is 822. The quantitative estimate of drug-likeness (QED) is 0.271. The van der Waals surface area contributed by atoms with Crippen molar-refractivity contribution in [3.63, 3.8) is 0 Å². The Kier molecular flexibility index (Phi) is 10.8. The van der Waals surface area contributed by atoms with Gasteiger partial charge in [0.15, 0.2) is 11.7 Å². The van der Waals surface area contributed by atoms with Gasteiger partial charge in [-0.1, -0.05) is 12.1 Å². The molecule has 8 nitrogen and oxygen atoms in total. The van der Waals surface area contributed by atoms with Crippen LogP contribution in [0.3, 0.4) is 0 Å². The maximum atomic E-state index is 12.2. The van der Waals surface area contributed by atoms with Crippen molar-refractivity contribution in [1.82, 2.24) is 15.5 Å². The van der Waals surface area contributed by atoms with E-state index in [0.717, 1.165) is 50.9 Å². The highest BCUT2D eigenvalue weighted by atomic mass is 127. The number of ether oxygens (including phenoxy) is 1. The van der Waals surface area contributed by atoms with Gasteiger partial charge in [0.25, 0.3) is 5.91 Å². The molecular formula is C22H32IN5O3. The molecule has 0 saturated carbocycles. The normalized spacial score (nSPS) is 15.6. The molecule has 9 heteroatoms. The molecule has 170 valence electrons. The van der Waals surface area contributed by atoms with E-state index in [1.807, 2.05) is 31.2 Å². The molecule has 2 heterocycles. The summed E-state index contributed by atoms with van der Waals surface area (Å²) < 4.78 is 10.6. The molecule has 1 amide bonds. The van der Waals surface area contributed by atoms with Crippen LogP contribution in [-0.2, 0) is 11.3 Å². The molecule has 0 bridgehead atoms. The number of carbonyl (C=O) groups excluding carboxylic acids is 1. The molecule has 2 aromatic rings. The van der Waals surface area contributed by atoms with Crippen molar-refractivity contribution in [2.45, 2.75) is 26.4 Å². The molecule has 1 saturated heterocycles. The van der Waals surface area contributed by atoms with Crippen molar-refractivity contribution in [1.29, 1.82) is 0 Å². The molecule has 1 aromatic heterocycles. The molecule has 1 aliphatic heterocycles. The first-order valence-corrected chi connectivity index (χ1v) is 10.4. The standard InChI is InChI=1S/C22H31N5O3.HI/c1-3-23-22(24-15-17(2)27-9-12-29-13-10-27)25-16-18-6-4-7-19(14-18)26-21(28)20-8-5-11-30-20;/h4-8,11,14,17H,3,9-10,12-13,15-16H2,1-2H3,(H,26,28)(H2,23,24,25);1H. The van der Waals surface area contributed by atoms with Gasteiger partial charge < -0.3 is 25.1 Å². The molecule has 1 atom stereocenters. The number of nitrogens with zero attached hydrogens (tertiary/aromatic N) is 2. The van der Waals surface area contributed by atoms with E-state index in [4.69, 9.17) is 14.1 Å². The third kappa shape index (κ3) is 8.15. The third-order valence-corrected chi connectivity index (χ3v) is 4.93. The molecule has 1 aromatic carbocycles. The zero-order valence-corrected chi connectivity index (χ0v) is 20.4. The first-order valence-electron chi connectivity index (χ1n) is 10.4. The second-order valence-corrected chi connectivity index (χ2v) is 7.21. The Balaban J connectivity index is 0.00000341. The zero-order valence-electron chi connectivity index (χ0n) is 18.1. The number of nitrogens with one attached hydrogen (secondary N) is 3. The van der Waals surface area contributed by atoms with Crippen molar-refractivity contribution in [3.8, 4) is 0 Å². The molecule has 0 radical (unpaired) electrons. The van der Waals surface area contributed by atoms with E-state index in [0.29, 0.717) is 18.3 Å². The van der Waals surface area contributed by atoms with Gasteiger partial charge in [0, 0.05) is 37.9 Å². The monoisotopic (exact) mass is 541 g/mol. The summed E-state index contributed by atoms with van der Waals surface area (Å²) >= 11 is 0. The second kappa shape index (κ2) is 13.3. The molecule has 1 unspecified atom stereocenters. The summed E-state index contributed by atoms with van der Waals surface area (Å²) in [6.45, 7) is 9.89. The average Bonchev–Trinajstić information content (AvgIpc) is 3.31. The lowest BCUT2D eigenvalue weighted by atomic mass is 10.2. The van der Waals surface area contributed by atoms with Gasteiger partial charge in [0.1, 0.15) is 0 Å². The summed E-state index contributed by atoms with van der Waals surface area (Å²) in [5.41, 5.74) is 1.72. The number of hydrogen-bond donors (Lipinski definition) is 3. The highest BCUT2D eigenvalue weighted by Gasteiger charge is 2.17. The summed E-state index contributed by atoms with van der Waals surface area (Å²) in [6.07, 6.45) is 1.48. The second-order valence-electron chi connectivity index (χ2n) is 7.21. The Morgan fingerprint density at radius 1 is 1.19 bits per heavy atom. The van der Waals surface area contributed by atoms with Gasteiger partial charge in [-0.25, -0.2) is 4.99 Å². The number of morpholine rings is 1. The van der Waals surface area contributed by atoms with Gasteiger partial charge in [0.05, 0.1) is 26.0 Å². The molecule has 3 rings (SSSR count). The van der Waals surface area contributed by atoms with Crippen LogP contribution in [0.2, 0.25) is 0 Å². The minimum atomic E-state index is -0.271. The fraction of sp³-hybridized carbons (Fsp3) is 0.455. The minimum Gasteiger partial charge on any atom is -0.459 e. The number of amides is 1. The summed E-state index contributed by atoms with van der Waals surface area (Å²) in [4.78, 5) is 19.3. The van der Waals surface area contributed by atoms with Gasteiger partial charge in [-0.2, -0.15) is 0 Å². The fourth-order valence-corrected chi connectivity index (χ4v) is 3.25. The average molecular weight is 541 g/mol. The molecule has 31 heavy (non-hydrogen) atoms. The molecule has 3 N–H and O–H groups in total. The number of furan rings is 1. The van der Waals surface area contributed by atoms with Crippen LogP contribution in [-0.4, -0.2) is 62.2 Å². The van der Waals surface area contributed by atoms with Crippen molar-refractivity contribution in [2.75, 3.05) is 44.7 Å². The molecular weight excluding hydrogens is 509 g/mol. The number of benzene rings is 1. The highest BCUT2D eigenvalue weighted by Crippen LogP contribution is 2.13. The Morgan fingerprint density at radius 3 is 2.71 bits per heavy atom. The van der Waals surface area contributed by atoms with E-state index in [1.165, 1.54) is 6.26 Å². The molecule has 0 spiro atoms. The van der Waals surface area contributed by atoms with Crippen molar-refractivity contribution >= 4 is 41.5 Å². The fourth-order valence-electron chi connectivity index (χ4n) is 3.25. The zero-order chi connectivity index (χ0) is 21.2. The van der Waals surface area contributed by atoms with Gasteiger partial charge >= 0.3 is 0 Å². The predicted octanol–water partition coefficient (Wildman–Crippen LogP) is 2.93. The number of halogens is 1. The van der Waals surface area contributed by atoms with E-state index in [9.17, 15) is 4.79 Å². The lowest BCUT2D eigenvalue weighted by molar-refractivity contribution is 0.0211. The van der Waals surface area contributed by atoms with Crippen LogP contribution in [0.1, 0.15) is 30.0 Å². The van der Waals surface area contributed by atoms with E-state index < -0.39 is 0 Å². The van der Waals surface area contributed by atoms with E-state index in [1.54, 1.807) is 12.1 Å². The molecule has 0 aliphatic carbocycles. The van der Waals surface area contributed by atoms with Crippen LogP contribution in [0.25, 0.3) is 0 Å². The van der Waals surface area contributed by atoms with E-state index in [2.05, 4.69) is 27.8 Å². The minimum absolute atomic E-state index is 0. The van der Waals surface area contributed by atoms with E-state index in [-0.39, 0.29) is 35.6 Å². The number of anilines is 1. The van der Waals surface area contributed by atoms with Crippen LogP contribution in [0.4, 0.5) is 5.69 Å². The van der Waals surface area contributed by atoms with Crippen LogP contribution in [0, 0.1) is 0 Å². The summed E-state index contributed by atoms with van der Waals surface area (Å²) in [5, 5.41) is 9.56. The maximum absolute atomic E-state index is 12.2. The smallest absolute Gasteiger partial charge is 0.291 e. The van der Waals surface area contributed by atoms with Crippen molar-refractivity contribution < 1.29 is 13.9 Å². The van der Waals surface area contributed by atoms with Crippen LogP contribution >= 0.6 is 24.0 Å². The van der Waals surface area contributed by atoms with Crippen LogP contribution < -0.4 is 16.0 Å². The SMILES string of the molecule is CCNC(=NCc1cccc(NC(=O)c2ccco2)c1)NCC(C)N1CCOCC1.I. The largest absolute Gasteiger partial charge is 0.459 e. The maximum Gasteiger partial charge on any atom is 0.291 e. The number of rotatable bonds is 8. The van der Waals surface area contributed by atoms with Gasteiger partial charge in [-0.05, 0) is 43.7 Å². The van der Waals surface area contributed by atoms with Gasteiger partial charge in [0.2, 0.25) is 0 Å². The predicted molar refractivity (Wildman–Crippen MR) is 133 cm³/mol. The van der Waals surface area contributed by atoms with Crippen molar-refractivity contribution in [2.24, 2.45) is 4.99 Å². The third-order valence-electron chi connectivity index (χ3n) is 4.93. The van der Waals surface area contributed by atoms with Crippen molar-refractivity contribution in [3.05, 3.63) is 54.0 Å². The lowest BCUT2D eigenvalue weighted by Crippen LogP contribution is -2.49. The lowest BCUT2D eigenvalue weighted by Gasteiger charge is -2.32. The van der Waals surface area contributed by atoms with Gasteiger partial charge in [-0.3, -0.25) is 9.69 Å². The number of aliphatic imine (C=N–C) groups is 1. The van der Waals surface area contributed by atoms with Crippen LogP contribution in [0.15, 0.2) is 52.1 Å². The molecule has 1 fully saturated rings. The first kappa shape index (κ1) is 25.2. The summed E-state index contributed by atoms with van der Waals surface area (Å²) in [5.74, 6) is 0.793. The highest BCUT2D eigenvalue weighted by molar-refractivity contribution is 14.0.